The summed E-state index contributed by atoms with van der Waals surface area (Å²) in [5, 5.41) is 0. The van der Waals surface area contributed by atoms with E-state index in [1.54, 1.807) is 0 Å². The van der Waals surface area contributed by atoms with E-state index in [1.807, 2.05) is 0 Å². The molecule has 0 unspecified atom stereocenters. The Kier molecular flexibility index (Phi) is 3.71. The Labute approximate surface area is 93.3 Å². The van der Waals surface area contributed by atoms with Crippen molar-refractivity contribution in [3.8, 4) is 0 Å². The minimum absolute atomic E-state index is 0.196. The van der Waals surface area contributed by atoms with Crippen LogP contribution in [0.4, 0.5) is 26.3 Å². The van der Waals surface area contributed by atoms with E-state index in [0.29, 0.717) is 18.2 Å². The molecule has 1 aliphatic carbocycles. The molecule has 0 fully saturated rings. The lowest BCUT2D eigenvalue weighted by Crippen LogP contribution is -2.12. The van der Waals surface area contributed by atoms with E-state index in [2.05, 4.69) is 0 Å². The zero-order valence-electron chi connectivity index (χ0n) is 8.49. The van der Waals surface area contributed by atoms with Gasteiger partial charge in [-0.15, -0.1) is 0 Å². The molecule has 0 radical (unpaired) electrons. The fourth-order valence-electron chi connectivity index (χ4n) is 1.32. The number of nitrogens with two attached hydrogens (primary N) is 1. The van der Waals surface area contributed by atoms with Gasteiger partial charge in [-0.1, -0.05) is 6.08 Å². The molecule has 96 valence electrons. The molecule has 1 rings (SSSR count). The summed E-state index contributed by atoms with van der Waals surface area (Å²) in [5.74, 6) is 0. The van der Waals surface area contributed by atoms with Crippen LogP contribution in [0.15, 0.2) is 34.9 Å². The van der Waals surface area contributed by atoms with Gasteiger partial charge >= 0.3 is 12.4 Å². The molecule has 1 aliphatic rings. The molecule has 2 N–H and O–H groups in total. The Balaban J connectivity index is 3.14. The van der Waals surface area contributed by atoms with Gasteiger partial charge in [0.15, 0.2) is 0 Å². The first-order valence-electron chi connectivity index (χ1n) is 4.60. The van der Waals surface area contributed by atoms with Gasteiger partial charge in [0, 0.05) is 12.1 Å². The monoisotopic (exact) mass is 257 g/mol. The molecule has 1 nitrogen and oxygen atoms in total. The number of rotatable bonds is 1. The van der Waals surface area contributed by atoms with E-state index in [0.717, 1.165) is 0 Å². The number of hydrogen-bond donors (Lipinski definition) is 1. The van der Waals surface area contributed by atoms with E-state index in [4.69, 9.17) is 5.73 Å². The van der Waals surface area contributed by atoms with Gasteiger partial charge in [0.05, 0.1) is 5.57 Å². The van der Waals surface area contributed by atoms with Gasteiger partial charge in [-0.05, 0) is 24.1 Å². The highest BCUT2D eigenvalue weighted by atomic mass is 19.4. The van der Waals surface area contributed by atoms with Gasteiger partial charge in [0.1, 0.15) is 0 Å². The summed E-state index contributed by atoms with van der Waals surface area (Å²) in [7, 11) is 0. The van der Waals surface area contributed by atoms with Crippen molar-refractivity contribution in [2.45, 2.75) is 18.8 Å². The molecule has 7 heteroatoms. The van der Waals surface area contributed by atoms with Gasteiger partial charge in [-0.25, -0.2) is 0 Å². The molecule has 0 aliphatic heterocycles. The van der Waals surface area contributed by atoms with E-state index in [1.165, 1.54) is 0 Å². The Hall–Kier alpha value is -1.24. The van der Waals surface area contributed by atoms with Crippen molar-refractivity contribution in [1.82, 2.24) is 0 Å². The predicted molar refractivity (Wildman–Crippen MR) is 50.0 cm³/mol. The van der Waals surface area contributed by atoms with Gasteiger partial charge in [0.2, 0.25) is 0 Å². The highest BCUT2D eigenvalue weighted by Crippen LogP contribution is 2.35. The SMILES string of the molecule is NCC1=CC(C(F)(F)F)=CCC(C(F)(F)F)=C1. The average molecular weight is 257 g/mol. The third-order valence-electron chi connectivity index (χ3n) is 2.17. The molecule has 17 heavy (non-hydrogen) atoms. The van der Waals surface area contributed by atoms with Crippen LogP contribution in [-0.4, -0.2) is 18.9 Å². The molecular formula is C10H9F6N. The van der Waals surface area contributed by atoms with Crippen LogP contribution in [-0.2, 0) is 0 Å². The minimum Gasteiger partial charge on any atom is -0.326 e. The molecule has 0 spiro atoms. The van der Waals surface area contributed by atoms with Gasteiger partial charge in [0.25, 0.3) is 0 Å². The summed E-state index contributed by atoms with van der Waals surface area (Å²) in [4.78, 5) is 0. The van der Waals surface area contributed by atoms with E-state index >= 15 is 0 Å². The Morgan fingerprint density at radius 3 is 2.00 bits per heavy atom. The number of hydrogen-bond acceptors (Lipinski definition) is 1. The standard InChI is InChI=1S/C10H9F6N/c11-9(12,13)7-1-2-8(10(14,15)16)4-6(3-7)5-17/h1,3-4H,2,5,17H2. The van der Waals surface area contributed by atoms with Crippen LogP contribution >= 0.6 is 0 Å². The lowest BCUT2D eigenvalue weighted by molar-refractivity contribution is -0.0945. The van der Waals surface area contributed by atoms with Crippen LogP contribution < -0.4 is 5.73 Å². The molecule has 0 amide bonds. The zero-order valence-corrected chi connectivity index (χ0v) is 8.49. The summed E-state index contributed by atoms with van der Waals surface area (Å²) in [6, 6.07) is 0. The number of halogens is 6. The second-order valence-corrected chi connectivity index (χ2v) is 3.45. The maximum Gasteiger partial charge on any atom is 0.416 e. The van der Waals surface area contributed by atoms with E-state index in [9.17, 15) is 26.3 Å². The highest BCUT2D eigenvalue weighted by Gasteiger charge is 2.37. The third-order valence-corrected chi connectivity index (χ3v) is 2.17. The van der Waals surface area contributed by atoms with Gasteiger partial charge in [-0.3, -0.25) is 0 Å². The Morgan fingerprint density at radius 2 is 1.59 bits per heavy atom. The largest absolute Gasteiger partial charge is 0.416 e. The summed E-state index contributed by atoms with van der Waals surface area (Å²) in [6.07, 6.45) is -8.31. The van der Waals surface area contributed by atoms with Gasteiger partial charge in [-0.2, -0.15) is 26.3 Å². The molecule has 0 bridgehead atoms. The highest BCUT2D eigenvalue weighted by molar-refractivity contribution is 5.40. The minimum atomic E-state index is -4.67. The van der Waals surface area contributed by atoms with Gasteiger partial charge < -0.3 is 5.73 Å². The Bertz CT molecular complexity index is 383. The lowest BCUT2D eigenvalue weighted by Gasteiger charge is -2.09. The van der Waals surface area contributed by atoms with Crippen LogP contribution in [0, 0.1) is 0 Å². The van der Waals surface area contributed by atoms with Crippen molar-refractivity contribution in [3.63, 3.8) is 0 Å². The fraction of sp³-hybridized carbons (Fsp3) is 0.400. The molecule has 0 saturated carbocycles. The van der Waals surface area contributed by atoms with Crippen molar-refractivity contribution in [1.29, 1.82) is 0 Å². The van der Waals surface area contributed by atoms with E-state index in [-0.39, 0.29) is 12.1 Å². The Morgan fingerprint density at radius 1 is 1.00 bits per heavy atom. The first-order valence-corrected chi connectivity index (χ1v) is 4.60. The summed E-state index contributed by atoms with van der Waals surface area (Å²) in [5.41, 5.74) is 2.78. The number of alkyl halides is 6. The van der Waals surface area contributed by atoms with Crippen LogP contribution in [0.5, 0.6) is 0 Å². The van der Waals surface area contributed by atoms with Crippen LogP contribution in [0.2, 0.25) is 0 Å². The van der Waals surface area contributed by atoms with Crippen molar-refractivity contribution >= 4 is 0 Å². The van der Waals surface area contributed by atoms with Crippen molar-refractivity contribution in [3.05, 3.63) is 34.9 Å². The smallest absolute Gasteiger partial charge is 0.326 e. The second-order valence-electron chi connectivity index (χ2n) is 3.45. The maximum atomic E-state index is 12.4. The fourth-order valence-corrected chi connectivity index (χ4v) is 1.32. The first kappa shape index (κ1) is 13.8. The van der Waals surface area contributed by atoms with Crippen molar-refractivity contribution in [2.75, 3.05) is 6.54 Å². The molecular weight excluding hydrogens is 248 g/mol. The second kappa shape index (κ2) is 4.56. The van der Waals surface area contributed by atoms with E-state index < -0.39 is 29.9 Å². The predicted octanol–water partition coefficient (Wildman–Crippen LogP) is 3.25. The topological polar surface area (TPSA) is 26.0 Å². The summed E-state index contributed by atoms with van der Waals surface area (Å²) >= 11 is 0. The molecule has 0 atom stereocenters. The van der Waals surface area contributed by atoms with Crippen molar-refractivity contribution in [2.24, 2.45) is 5.73 Å². The summed E-state index contributed by atoms with van der Waals surface area (Å²) in [6.45, 7) is -0.382. The normalized spacial score (nSPS) is 18.2. The number of allylic oxidation sites excluding steroid dienone is 4. The maximum absolute atomic E-state index is 12.4. The van der Waals surface area contributed by atoms with Crippen LogP contribution in [0.25, 0.3) is 0 Å². The van der Waals surface area contributed by atoms with Crippen LogP contribution in [0.3, 0.4) is 0 Å². The zero-order chi connectivity index (χ0) is 13.3. The average Bonchev–Trinajstić information content (AvgIpc) is 2.37. The molecule has 0 saturated heterocycles. The molecule has 0 heterocycles. The molecule has 0 aromatic heterocycles. The molecule has 0 aromatic carbocycles. The first-order chi connectivity index (χ1) is 7.64. The van der Waals surface area contributed by atoms with Crippen LogP contribution in [0.1, 0.15) is 6.42 Å². The lowest BCUT2D eigenvalue weighted by atomic mass is 10.1. The third kappa shape index (κ3) is 3.62. The van der Waals surface area contributed by atoms with Crippen molar-refractivity contribution < 1.29 is 26.3 Å². The quantitative estimate of drug-likeness (QED) is 0.717. The molecule has 0 aromatic rings. The summed E-state index contributed by atoms with van der Waals surface area (Å²) < 4.78 is 74.4.